The number of ether oxygens (including phenoxy) is 1. The fourth-order valence-electron chi connectivity index (χ4n) is 1.79. The van der Waals surface area contributed by atoms with Crippen molar-refractivity contribution >= 4 is 35.6 Å². The van der Waals surface area contributed by atoms with Gasteiger partial charge in [0.15, 0.2) is 0 Å². The van der Waals surface area contributed by atoms with Crippen molar-refractivity contribution in [2.24, 2.45) is 5.73 Å². The lowest BCUT2D eigenvalue weighted by atomic mass is 10.3. The molecule has 1 atom stereocenters. The van der Waals surface area contributed by atoms with Crippen LogP contribution in [0.4, 0.5) is 11.4 Å². The second kappa shape index (κ2) is 8.90. The predicted octanol–water partition coefficient (Wildman–Crippen LogP) is 1.24. The van der Waals surface area contributed by atoms with Gasteiger partial charge in [-0.05, 0) is 31.2 Å². The number of amides is 2. The lowest BCUT2D eigenvalue weighted by Gasteiger charge is -2.06. The number of rotatable bonds is 6. The van der Waals surface area contributed by atoms with Gasteiger partial charge in [0, 0.05) is 11.9 Å². The van der Waals surface area contributed by atoms with Crippen molar-refractivity contribution in [3.05, 3.63) is 36.7 Å². The summed E-state index contributed by atoms with van der Waals surface area (Å²) in [7, 11) is 1.58. The number of nitrogens with two attached hydrogens (primary N) is 1. The van der Waals surface area contributed by atoms with Crippen molar-refractivity contribution in [3.63, 3.8) is 0 Å². The Morgan fingerprint density at radius 1 is 1.25 bits per heavy atom. The zero-order chi connectivity index (χ0) is 16.8. The van der Waals surface area contributed by atoms with Crippen molar-refractivity contribution in [2.75, 3.05) is 17.7 Å². The first-order chi connectivity index (χ1) is 11.0. The fourth-order valence-corrected chi connectivity index (χ4v) is 1.79. The minimum atomic E-state index is -0.614. The molecule has 0 bridgehead atoms. The molecule has 9 heteroatoms. The van der Waals surface area contributed by atoms with Gasteiger partial charge in [0.05, 0.1) is 25.0 Å². The molecule has 1 heterocycles. The van der Waals surface area contributed by atoms with Gasteiger partial charge in [-0.25, -0.2) is 0 Å². The third kappa shape index (κ3) is 5.56. The van der Waals surface area contributed by atoms with Crippen LogP contribution in [0.3, 0.4) is 0 Å². The van der Waals surface area contributed by atoms with Gasteiger partial charge in [-0.3, -0.25) is 14.3 Å². The van der Waals surface area contributed by atoms with E-state index in [0.717, 1.165) is 0 Å². The fraction of sp³-hybridized carbons (Fsp3) is 0.267. The molecule has 1 aromatic carbocycles. The first kappa shape index (κ1) is 19.5. The second-order valence-corrected chi connectivity index (χ2v) is 4.98. The van der Waals surface area contributed by atoms with Crippen molar-refractivity contribution < 1.29 is 14.3 Å². The number of hydrogen-bond donors (Lipinski definition) is 3. The molecule has 0 radical (unpaired) electrons. The van der Waals surface area contributed by atoms with E-state index in [1.54, 1.807) is 44.5 Å². The van der Waals surface area contributed by atoms with Crippen LogP contribution in [0.15, 0.2) is 36.7 Å². The maximum atomic E-state index is 12.0. The number of nitrogens with one attached hydrogen (secondary N) is 2. The number of nitrogens with zero attached hydrogens (tertiary/aromatic N) is 2. The number of halogens is 1. The topological polar surface area (TPSA) is 111 Å². The smallest absolute Gasteiger partial charge is 0.246 e. The Labute approximate surface area is 145 Å². The van der Waals surface area contributed by atoms with Gasteiger partial charge < -0.3 is 21.1 Å². The molecule has 2 aromatic rings. The molecule has 0 saturated carbocycles. The number of benzene rings is 1. The molecule has 0 spiro atoms. The third-order valence-corrected chi connectivity index (χ3v) is 2.99. The summed E-state index contributed by atoms with van der Waals surface area (Å²) < 4.78 is 6.48. The third-order valence-electron chi connectivity index (χ3n) is 2.99. The van der Waals surface area contributed by atoms with Gasteiger partial charge >= 0.3 is 0 Å². The van der Waals surface area contributed by atoms with Crippen LogP contribution in [0.2, 0.25) is 0 Å². The number of carbonyl (C=O) groups is 2. The van der Waals surface area contributed by atoms with Gasteiger partial charge in [-0.2, -0.15) is 5.10 Å². The molecule has 0 fully saturated rings. The molecule has 2 amide bonds. The number of methoxy groups -OCH3 is 1. The molecule has 4 N–H and O–H groups in total. The summed E-state index contributed by atoms with van der Waals surface area (Å²) in [5, 5.41) is 9.37. The monoisotopic (exact) mass is 353 g/mol. The normalized spacial score (nSPS) is 11.1. The van der Waals surface area contributed by atoms with Crippen LogP contribution >= 0.6 is 12.4 Å². The molecule has 0 unspecified atom stereocenters. The average molecular weight is 354 g/mol. The molecule has 2 rings (SSSR count). The molecule has 24 heavy (non-hydrogen) atoms. The Morgan fingerprint density at radius 3 is 2.50 bits per heavy atom. The van der Waals surface area contributed by atoms with Gasteiger partial charge in [-0.15, -0.1) is 12.4 Å². The largest absolute Gasteiger partial charge is 0.497 e. The highest BCUT2D eigenvalue weighted by molar-refractivity contribution is 5.94. The van der Waals surface area contributed by atoms with E-state index >= 15 is 0 Å². The summed E-state index contributed by atoms with van der Waals surface area (Å²) >= 11 is 0. The number of aromatic nitrogens is 2. The van der Waals surface area contributed by atoms with Crippen LogP contribution < -0.4 is 21.1 Å². The Bertz CT molecular complexity index is 685. The quantitative estimate of drug-likeness (QED) is 0.723. The van der Waals surface area contributed by atoms with E-state index < -0.39 is 6.04 Å². The lowest BCUT2D eigenvalue weighted by Crippen LogP contribution is -2.32. The van der Waals surface area contributed by atoms with E-state index in [1.165, 1.54) is 10.9 Å². The molecule has 0 aliphatic rings. The highest BCUT2D eigenvalue weighted by atomic mass is 35.5. The Kier molecular flexibility index (Phi) is 7.22. The molecule has 0 aliphatic heterocycles. The van der Waals surface area contributed by atoms with Crippen molar-refractivity contribution in [1.29, 1.82) is 0 Å². The van der Waals surface area contributed by atoms with E-state index in [9.17, 15) is 9.59 Å². The van der Waals surface area contributed by atoms with Gasteiger partial charge in [0.25, 0.3) is 0 Å². The Balaban J connectivity index is 0.00000288. The molecule has 0 saturated heterocycles. The van der Waals surface area contributed by atoms with Crippen molar-refractivity contribution in [3.8, 4) is 5.75 Å². The SMILES string of the molecule is COc1ccc(NC(=O)Cn2cc(NC(=O)[C@H](C)N)cn2)cc1.Cl. The van der Waals surface area contributed by atoms with Crippen molar-refractivity contribution in [1.82, 2.24) is 9.78 Å². The van der Waals surface area contributed by atoms with E-state index in [-0.39, 0.29) is 30.8 Å². The predicted molar refractivity (Wildman–Crippen MR) is 93.4 cm³/mol. The zero-order valence-electron chi connectivity index (χ0n) is 13.4. The van der Waals surface area contributed by atoms with Gasteiger partial charge in [-0.1, -0.05) is 0 Å². The molecule has 8 nitrogen and oxygen atoms in total. The minimum absolute atomic E-state index is 0. The summed E-state index contributed by atoms with van der Waals surface area (Å²) in [5.74, 6) is 0.167. The van der Waals surface area contributed by atoms with Crippen molar-refractivity contribution in [2.45, 2.75) is 19.5 Å². The van der Waals surface area contributed by atoms with Crippen LogP contribution in [0, 0.1) is 0 Å². The standard InChI is InChI=1S/C15H19N5O3.ClH/c1-10(16)15(22)19-12-7-17-20(8-12)9-14(21)18-11-3-5-13(23-2)6-4-11;/h3-8,10H,9,16H2,1-2H3,(H,18,21)(H,19,22);1H/t10-;/m0./s1. The zero-order valence-corrected chi connectivity index (χ0v) is 14.2. The number of hydrogen-bond acceptors (Lipinski definition) is 5. The molecular weight excluding hydrogens is 334 g/mol. The average Bonchev–Trinajstić information content (AvgIpc) is 2.94. The number of carbonyl (C=O) groups excluding carboxylic acids is 2. The summed E-state index contributed by atoms with van der Waals surface area (Å²) in [6.07, 6.45) is 3.02. The van der Waals surface area contributed by atoms with Crippen LogP contribution in [0.25, 0.3) is 0 Å². The van der Waals surface area contributed by atoms with Crippen LogP contribution in [-0.2, 0) is 16.1 Å². The highest BCUT2D eigenvalue weighted by Crippen LogP contribution is 2.15. The second-order valence-electron chi connectivity index (χ2n) is 4.98. The Morgan fingerprint density at radius 2 is 1.92 bits per heavy atom. The first-order valence-corrected chi connectivity index (χ1v) is 7.00. The van der Waals surface area contributed by atoms with E-state index in [1.807, 2.05) is 0 Å². The highest BCUT2D eigenvalue weighted by Gasteiger charge is 2.10. The first-order valence-electron chi connectivity index (χ1n) is 7.00. The minimum Gasteiger partial charge on any atom is -0.497 e. The van der Waals surface area contributed by atoms with Gasteiger partial charge in [0.2, 0.25) is 11.8 Å². The Hall–Kier alpha value is -2.58. The molecular formula is C15H20ClN5O3. The van der Waals surface area contributed by atoms with E-state index in [2.05, 4.69) is 15.7 Å². The van der Waals surface area contributed by atoms with E-state index in [4.69, 9.17) is 10.5 Å². The number of anilines is 2. The summed E-state index contributed by atoms with van der Waals surface area (Å²) in [6.45, 7) is 1.61. The van der Waals surface area contributed by atoms with Crippen LogP contribution in [0.5, 0.6) is 5.75 Å². The molecule has 0 aliphatic carbocycles. The summed E-state index contributed by atoms with van der Waals surface area (Å²) in [4.78, 5) is 23.4. The summed E-state index contributed by atoms with van der Waals surface area (Å²) in [6, 6.07) is 6.38. The maximum Gasteiger partial charge on any atom is 0.246 e. The van der Waals surface area contributed by atoms with Crippen LogP contribution in [0.1, 0.15) is 6.92 Å². The molecule has 1 aromatic heterocycles. The van der Waals surface area contributed by atoms with Crippen LogP contribution in [-0.4, -0.2) is 34.7 Å². The van der Waals surface area contributed by atoms with E-state index in [0.29, 0.717) is 17.1 Å². The maximum absolute atomic E-state index is 12.0. The summed E-state index contributed by atoms with van der Waals surface area (Å²) in [5.41, 5.74) is 6.62. The lowest BCUT2D eigenvalue weighted by molar-refractivity contribution is -0.117. The van der Waals surface area contributed by atoms with Gasteiger partial charge in [0.1, 0.15) is 12.3 Å². The molecule has 130 valence electrons.